The van der Waals surface area contributed by atoms with Gasteiger partial charge in [-0.05, 0) is 18.8 Å². The van der Waals surface area contributed by atoms with Crippen molar-refractivity contribution < 1.29 is 9.59 Å². The van der Waals surface area contributed by atoms with Crippen LogP contribution < -0.4 is 11.1 Å². The van der Waals surface area contributed by atoms with E-state index in [1.54, 1.807) is 11.3 Å². The van der Waals surface area contributed by atoms with Crippen molar-refractivity contribution in [3.63, 3.8) is 0 Å². The van der Waals surface area contributed by atoms with E-state index in [0.717, 1.165) is 30.9 Å². The van der Waals surface area contributed by atoms with Crippen LogP contribution >= 0.6 is 36.2 Å². The van der Waals surface area contributed by atoms with Gasteiger partial charge in [0.15, 0.2) is 0 Å². The standard InChI is InChI=1S/C15H24N4O2S.2ClH/c1-10(2)13(16)14(21)18-9-12(20)19-6-3-11(4-7-19)15-17-5-8-22-15;;/h5,8,10-11,13H,3-4,6-7,9,16H2,1-2H3,(H,18,21);2*1H/t13-;;/m0../s1. The maximum absolute atomic E-state index is 12.1. The van der Waals surface area contributed by atoms with Crippen LogP contribution in [0.15, 0.2) is 11.6 Å². The highest BCUT2D eigenvalue weighted by molar-refractivity contribution is 7.09. The maximum atomic E-state index is 12.1. The van der Waals surface area contributed by atoms with Gasteiger partial charge >= 0.3 is 0 Å². The lowest BCUT2D eigenvalue weighted by Gasteiger charge is -2.31. The first-order valence-electron chi connectivity index (χ1n) is 7.69. The van der Waals surface area contributed by atoms with Crippen molar-refractivity contribution in [1.29, 1.82) is 0 Å². The number of carbonyl (C=O) groups is 2. The summed E-state index contributed by atoms with van der Waals surface area (Å²) in [6.07, 6.45) is 3.68. The lowest BCUT2D eigenvalue weighted by molar-refractivity contribution is -0.134. The third-order valence-electron chi connectivity index (χ3n) is 4.08. The minimum atomic E-state index is -0.566. The van der Waals surface area contributed by atoms with E-state index in [0.29, 0.717) is 5.92 Å². The van der Waals surface area contributed by atoms with Crippen molar-refractivity contribution in [3.8, 4) is 0 Å². The Balaban J connectivity index is 0.00000264. The Morgan fingerprint density at radius 3 is 2.50 bits per heavy atom. The summed E-state index contributed by atoms with van der Waals surface area (Å²) in [6, 6.07) is -0.566. The Labute approximate surface area is 159 Å². The molecule has 0 aromatic carbocycles. The molecule has 6 nitrogen and oxygen atoms in total. The van der Waals surface area contributed by atoms with Crippen LogP contribution in [-0.4, -0.2) is 47.4 Å². The van der Waals surface area contributed by atoms with Gasteiger partial charge in [-0.3, -0.25) is 9.59 Å². The highest BCUT2D eigenvalue weighted by Gasteiger charge is 2.25. The van der Waals surface area contributed by atoms with Gasteiger partial charge in [0.1, 0.15) is 0 Å². The van der Waals surface area contributed by atoms with E-state index in [1.165, 1.54) is 0 Å². The average molecular weight is 397 g/mol. The molecular formula is C15H26Cl2N4O2S. The first-order valence-corrected chi connectivity index (χ1v) is 8.57. The Bertz CT molecular complexity index is 506. The lowest BCUT2D eigenvalue weighted by Crippen LogP contribution is -2.49. The fourth-order valence-electron chi connectivity index (χ4n) is 2.51. The third-order valence-corrected chi connectivity index (χ3v) is 5.02. The number of hydrogen-bond acceptors (Lipinski definition) is 5. The van der Waals surface area contributed by atoms with Gasteiger partial charge in [0, 0.05) is 30.6 Å². The van der Waals surface area contributed by atoms with E-state index in [2.05, 4.69) is 10.3 Å². The Morgan fingerprint density at radius 2 is 2.00 bits per heavy atom. The number of rotatable bonds is 5. The van der Waals surface area contributed by atoms with Crippen molar-refractivity contribution in [3.05, 3.63) is 16.6 Å². The van der Waals surface area contributed by atoms with Crippen LogP contribution in [0.4, 0.5) is 0 Å². The number of halogens is 2. The number of nitrogens with one attached hydrogen (secondary N) is 1. The number of hydrogen-bond donors (Lipinski definition) is 2. The number of carbonyl (C=O) groups excluding carboxylic acids is 2. The van der Waals surface area contributed by atoms with Gasteiger partial charge in [0.2, 0.25) is 11.8 Å². The normalized spacial score (nSPS) is 16.1. The molecule has 1 aromatic rings. The van der Waals surface area contributed by atoms with Gasteiger partial charge in [-0.2, -0.15) is 0 Å². The summed E-state index contributed by atoms with van der Waals surface area (Å²) in [5.74, 6) is 0.208. The molecule has 1 saturated heterocycles. The molecule has 0 spiro atoms. The largest absolute Gasteiger partial charge is 0.346 e. The van der Waals surface area contributed by atoms with Crippen LogP contribution in [0.5, 0.6) is 0 Å². The van der Waals surface area contributed by atoms with Crippen LogP contribution in [-0.2, 0) is 9.59 Å². The van der Waals surface area contributed by atoms with E-state index >= 15 is 0 Å². The van der Waals surface area contributed by atoms with E-state index in [4.69, 9.17) is 5.73 Å². The molecule has 2 heterocycles. The second-order valence-electron chi connectivity index (χ2n) is 6.01. The molecular weight excluding hydrogens is 371 g/mol. The molecule has 0 saturated carbocycles. The predicted octanol–water partition coefficient (Wildman–Crippen LogP) is 1.79. The molecule has 1 fully saturated rings. The number of aromatic nitrogens is 1. The summed E-state index contributed by atoms with van der Waals surface area (Å²) in [5, 5.41) is 5.78. The summed E-state index contributed by atoms with van der Waals surface area (Å²) in [5.41, 5.74) is 5.75. The van der Waals surface area contributed by atoms with Crippen molar-refractivity contribution in [1.82, 2.24) is 15.2 Å². The molecule has 1 aromatic heterocycles. The fourth-order valence-corrected chi connectivity index (χ4v) is 3.32. The van der Waals surface area contributed by atoms with E-state index in [-0.39, 0.29) is 49.1 Å². The van der Waals surface area contributed by atoms with E-state index in [1.807, 2.05) is 30.3 Å². The average Bonchev–Trinajstić information content (AvgIpc) is 3.06. The van der Waals surface area contributed by atoms with Gasteiger partial charge in [-0.1, -0.05) is 13.8 Å². The second-order valence-corrected chi connectivity index (χ2v) is 6.94. The number of thiazole rings is 1. The van der Waals surface area contributed by atoms with E-state index in [9.17, 15) is 9.59 Å². The SMILES string of the molecule is CC(C)[C@H](N)C(=O)NCC(=O)N1CCC(c2nccs2)CC1.Cl.Cl. The zero-order valence-corrected chi connectivity index (χ0v) is 16.4. The molecule has 0 radical (unpaired) electrons. The molecule has 2 amide bonds. The van der Waals surface area contributed by atoms with Crippen molar-refractivity contribution in [2.75, 3.05) is 19.6 Å². The van der Waals surface area contributed by atoms with Crippen LogP contribution in [0.1, 0.15) is 37.6 Å². The highest BCUT2D eigenvalue weighted by atomic mass is 35.5. The first kappa shape index (κ1) is 23.1. The van der Waals surface area contributed by atoms with Gasteiger partial charge in [-0.15, -0.1) is 36.2 Å². The minimum Gasteiger partial charge on any atom is -0.346 e. The first-order chi connectivity index (χ1) is 10.5. The van der Waals surface area contributed by atoms with Gasteiger partial charge in [0.05, 0.1) is 17.6 Å². The monoisotopic (exact) mass is 396 g/mol. The molecule has 9 heteroatoms. The minimum absolute atomic E-state index is 0. The molecule has 1 atom stereocenters. The summed E-state index contributed by atoms with van der Waals surface area (Å²) in [4.78, 5) is 30.1. The second kappa shape index (κ2) is 10.9. The third kappa shape index (κ3) is 6.20. The molecule has 0 bridgehead atoms. The summed E-state index contributed by atoms with van der Waals surface area (Å²) in [6.45, 7) is 5.23. The number of nitrogens with two attached hydrogens (primary N) is 1. The number of piperidine rings is 1. The number of amides is 2. The molecule has 24 heavy (non-hydrogen) atoms. The van der Waals surface area contributed by atoms with Gasteiger partial charge in [-0.25, -0.2) is 4.98 Å². The van der Waals surface area contributed by atoms with Crippen LogP contribution in [0.2, 0.25) is 0 Å². The van der Waals surface area contributed by atoms with Gasteiger partial charge < -0.3 is 16.0 Å². The molecule has 3 N–H and O–H groups in total. The summed E-state index contributed by atoms with van der Waals surface area (Å²) < 4.78 is 0. The van der Waals surface area contributed by atoms with Crippen molar-refractivity contribution in [2.45, 2.75) is 38.6 Å². The van der Waals surface area contributed by atoms with Crippen molar-refractivity contribution in [2.24, 2.45) is 11.7 Å². The fraction of sp³-hybridized carbons (Fsp3) is 0.667. The topological polar surface area (TPSA) is 88.3 Å². The molecule has 138 valence electrons. The molecule has 1 aliphatic heterocycles. The quantitative estimate of drug-likeness (QED) is 0.793. The Kier molecular flexibility index (Phi) is 10.5. The van der Waals surface area contributed by atoms with Gasteiger partial charge in [0.25, 0.3) is 0 Å². The molecule has 0 unspecified atom stereocenters. The Hall–Kier alpha value is -0.890. The molecule has 0 aliphatic carbocycles. The zero-order valence-electron chi connectivity index (χ0n) is 13.9. The van der Waals surface area contributed by atoms with Crippen molar-refractivity contribution >= 4 is 48.0 Å². The van der Waals surface area contributed by atoms with Crippen LogP contribution in [0, 0.1) is 5.92 Å². The number of nitrogens with zero attached hydrogens (tertiary/aromatic N) is 2. The smallest absolute Gasteiger partial charge is 0.241 e. The highest BCUT2D eigenvalue weighted by Crippen LogP contribution is 2.29. The lowest BCUT2D eigenvalue weighted by atomic mass is 9.97. The number of likely N-dealkylation sites (tertiary alicyclic amines) is 1. The summed E-state index contributed by atoms with van der Waals surface area (Å²) >= 11 is 1.67. The van der Waals surface area contributed by atoms with Crippen LogP contribution in [0.3, 0.4) is 0 Å². The molecule has 2 rings (SSSR count). The predicted molar refractivity (Wildman–Crippen MR) is 101 cm³/mol. The van der Waals surface area contributed by atoms with Crippen LogP contribution in [0.25, 0.3) is 0 Å². The maximum Gasteiger partial charge on any atom is 0.241 e. The summed E-state index contributed by atoms with van der Waals surface area (Å²) in [7, 11) is 0. The molecule has 1 aliphatic rings. The van der Waals surface area contributed by atoms with E-state index < -0.39 is 6.04 Å². The zero-order chi connectivity index (χ0) is 16.1. The Morgan fingerprint density at radius 1 is 1.38 bits per heavy atom.